The maximum Gasteiger partial charge on any atom is 0.252 e. The van der Waals surface area contributed by atoms with Crippen molar-refractivity contribution < 1.29 is 19.1 Å². The Morgan fingerprint density at radius 1 is 1.30 bits per heavy atom. The molecule has 0 aromatic heterocycles. The summed E-state index contributed by atoms with van der Waals surface area (Å²) in [6.07, 6.45) is 5.68. The van der Waals surface area contributed by atoms with E-state index in [1.165, 1.54) is 0 Å². The number of rotatable bonds is 3. The van der Waals surface area contributed by atoms with Crippen LogP contribution < -0.4 is 5.32 Å². The lowest BCUT2D eigenvalue weighted by Crippen LogP contribution is -2.66. The molecule has 6 nitrogen and oxygen atoms in total. The molecule has 4 saturated heterocycles. The van der Waals surface area contributed by atoms with Gasteiger partial charge in [-0.3, -0.25) is 9.59 Å². The minimum atomic E-state index is -0.922. The summed E-state index contributed by atoms with van der Waals surface area (Å²) in [5, 5.41) is 2.89. The minimum absolute atomic E-state index is 0.0625. The minimum Gasteiger partial charge on any atom is -0.333 e. The normalized spacial score (nSPS) is 42.3. The first-order chi connectivity index (χ1) is 9.62. The molecule has 0 aromatic carbocycles. The fraction of sp³-hybridized carbons (Fsp3) is 0.857. The molecule has 0 radical (unpaired) electrons. The molecule has 1 aliphatic carbocycles. The first kappa shape index (κ1) is 12.6. The molecule has 110 valence electrons. The van der Waals surface area contributed by atoms with Crippen LogP contribution in [-0.2, 0) is 19.1 Å². The van der Waals surface area contributed by atoms with E-state index < -0.39 is 5.91 Å². The van der Waals surface area contributed by atoms with Gasteiger partial charge in [-0.25, -0.2) is 0 Å². The molecule has 0 spiro atoms. The van der Waals surface area contributed by atoms with E-state index in [9.17, 15) is 9.59 Å². The quantitative estimate of drug-likeness (QED) is 0.811. The monoisotopic (exact) mass is 280 g/mol. The zero-order valence-corrected chi connectivity index (χ0v) is 11.5. The Balaban J connectivity index is 1.41. The molecule has 4 heterocycles. The predicted molar refractivity (Wildman–Crippen MR) is 68.4 cm³/mol. The highest BCUT2D eigenvalue weighted by atomic mass is 16.7. The van der Waals surface area contributed by atoms with E-state index in [0.717, 1.165) is 32.1 Å². The zero-order chi connectivity index (χ0) is 13.7. The Morgan fingerprint density at radius 3 is 2.65 bits per heavy atom. The molecule has 5 rings (SSSR count). The van der Waals surface area contributed by atoms with Crippen LogP contribution in [0.4, 0.5) is 0 Å². The van der Waals surface area contributed by atoms with Gasteiger partial charge in [0.05, 0.1) is 18.8 Å². The first-order valence-electron chi connectivity index (χ1n) is 7.56. The lowest BCUT2D eigenvalue weighted by atomic mass is 9.77. The SMILES string of the molecule is O=C(CN1CCCC1=O)N[C@]12C[C@@H]3C[C@H](C[C@H](C3)O1)O2. The van der Waals surface area contributed by atoms with Crippen LogP contribution in [0.3, 0.4) is 0 Å². The van der Waals surface area contributed by atoms with Gasteiger partial charge in [-0.05, 0) is 25.2 Å². The highest BCUT2D eigenvalue weighted by Crippen LogP contribution is 2.47. The number of nitrogens with zero attached hydrogens (tertiary/aromatic N) is 1. The van der Waals surface area contributed by atoms with Crippen LogP contribution in [-0.4, -0.2) is 47.9 Å². The Hall–Kier alpha value is -1.14. The van der Waals surface area contributed by atoms with Gasteiger partial charge in [0, 0.05) is 25.8 Å². The molecule has 20 heavy (non-hydrogen) atoms. The third-order valence-electron chi connectivity index (χ3n) is 4.83. The van der Waals surface area contributed by atoms with Crippen LogP contribution in [0, 0.1) is 5.92 Å². The van der Waals surface area contributed by atoms with Crippen LogP contribution in [0.25, 0.3) is 0 Å². The van der Waals surface area contributed by atoms with Crippen molar-refractivity contribution in [3.05, 3.63) is 0 Å². The van der Waals surface area contributed by atoms with E-state index in [1.54, 1.807) is 4.90 Å². The van der Waals surface area contributed by atoms with Crippen molar-refractivity contribution in [3.63, 3.8) is 0 Å². The number of amides is 2. The summed E-state index contributed by atoms with van der Waals surface area (Å²) in [4.78, 5) is 25.3. The summed E-state index contributed by atoms with van der Waals surface area (Å²) < 4.78 is 11.8. The van der Waals surface area contributed by atoms with Gasteiger partial charge < -0.3 is 19.7 Å². The summed E-state index contributed by atoms with van der Waals surface area (Å²) in [5.41, 5.74) is 0. The van der Waals surface area contributed by atoms with Crippen molar-refractivity contribution in [2.45, 2.75) is 56.6 Å². The second-order valence-electron chi connectivity index (χ2n) is 6.48. The van der Waals surface area contributed by atoms with Crippen molar-refractivity contribution in [1.29, 1.82) is 0 Å². The molecule has 0 aromatic rings. The Morgan fingerprint density at radius 2 is 2.05 bits per heavy atom. The van der Waals surface area contributed by atoms with Gasteiger partial charge in [-0.15, -0.1) is 0 Å². The summed E-state index contributed by atoms with van der Waals surface area (Å²) in [5.74, 6) is -0.445. The summed E-state index contributed by atoms with van der Waals surface area (Å²) in [6.45, 7) is 0.794. The fourth-order valence-corrected chi connectivity index (χ4v) is 4.13. The van der Waals surface area contributed by atoms with E-state index in [0.29, 0.717) is 18.9 Å². The number of carbonyl (C=O) groups is 2. The number of nitrogens with one attached hydrogen (secondary N) is 1. The van der Waals surface area contributed by atoms with Gasteiger partial charge in [-0.2, -0.15) is 0 Å². The lowest BCUT2D eigenvalue weighted by molar-refractivity contribution is -0.379. The second-order valence-corrected chi connectivity index (χ2v) is 6.48. The fourth-order valence-electron chi connectivity index (χ4n) is 4.13. The molecule has 1 N–H and O–H groups in total. The summed E-state index contributed by atoms with van der Waals surface area (Å²) >= 11 is 0. The number of ether oxygens (including phenoxy) is 2. The van der Waals surface area contributed by atoms with Gasteiger partial charge in [0.1, 0.15) is 0 Å². The molecule has 4 bridgehead atoms. The molecule has 4 aliphatic heterocycles. The van der Waals surface area contributed by atoms with Crippen LogP contribution >= 0.6 is 0 Å². The average Bonchev–Trinajstić information content (AvgIpc) is 2.72. The number of carbonyl (C=O) groups excluding carboxylic acids is 2. The van der Waals surface area contributed by atoms with E-state index in [1.807, 2.05) is 0 Å². The zero-order valence-electron chi connectivity index (χ0n) is 11.5. The van der Waals surface area contributed by atoms with Crippen LogP contribution in [0.2, 0.25) is 0 Å². The van der Waals surface area contributed by atoms with Gasteiger partial charge in [0.15, 0.2) is 0 Å². The maximum atomic E-state index is 12.2. The third kappa shape index (κ3) is 2.11. The Bertz CT molecular complexity index is 415. The molecule has 5 aliphatic rings. The molecular weight excluding hydrogens is 260 g/mol. The van der Waals surface area contributed by atoms with Gasteiger partial charge in [0.2, 0.25) is 11.8 Å². The van der Waals surface area contributed by atoms with E-state index in [2.05, 4.69) is 5.32 Å². The van der Waals surface area contributed by atoms with E-state index in [-0.39, 0.29) is 30.6 Å². The molecule has 5 fully saturated rings. The maximum absolute atomic E-state index is 12.2. The number of likely N-dealkylation sites (tertiary alicyclic amines) is 1. The highest BCUT2D eigenvalue weighted by molar-refractivity contribution is 5.86. The molecule has 0 unspecified atom stereocenters. The van der Waals surface area contributed by atoms with Crippen molar-refractivity contribution in [2.75, 3.05) is 13.1 Å². The molecule has 4 atom stereocenters. The smallest absolute Gasteiger partial charge is 0.252 e. The summed E-state index contributed by atoms with van der Waals surface area (Å²) in [7, 11) is 0. The van der Waals surface area contributed by atoms with Crippen molar-refractivity contribution in [3.8, 4) is 0 Å². The standard InChI is InChI=1S/C14H20N2O4/c17-12(8-16-3-1-2-13(16)18)15-14-7-9-4-10(19-14)6-11(5-9)20-14/h9-11H,1-8H2,(H,15,17)/t9-,10-,11+,14+. The van der Waals surface area contributed by atoms with E-state index >= 15 is 0 Å². The van der Waals surface area contributed by atoms with Crippen molar-refractivity contribution >= 4 is 11.8 Å². The molecule has 6 heteroatoms. The van der Waals surface area contributed by atoms with Gasteiger partial charge in [0.25, 0.3) is 5.91 Å². The summed E-state index contributed by atoms with van der Waals surface area (Å²) in [6, 6.07) is 0. The van der Waals surface area contributed by atoms with Crippen molar-refractivity contribution in [2.24, 2.45) is 5.92 Å². The average molecular weight is 280 g/mol. The number of hydrogen-bond donors (Lipinski definition) is 1. The third-order valence-corrected chi connectivity index (χ3v) is 4.83. The van der Waals surface area contributed by atoms with Crippen LogP contribution in [0.1, 0.15) is 38.5 Å². The second kappa shape index (κ2) is 4.43. The van der Waals surface area contributed by atoms with Gasteiger partial charge >= 0.3 is 0 Å². The topological polar surface area (TPSA) is 67.9 Å². The molecule has 2 amide bonds. The van der Waals surface area contributed by atoms with Crippen LogP contribution in [0.15, 0.2) is 0 Å². The number of hydrogen-bond acceptors (Lipinski definition) is 4. The first-order valence-corrected chi connectivity index (χ1v) is 7.56. The predicted octanol–water partition coefficient (Wildman–Crippen LogP) is 0.367. The Labute approximate surface area is 117 Å². The molecular formula is C14H20N2O4. The lowest BCUT2D eigenvalue weighted by Gasteiger charge is -2.55. The van der Waals surface area contributed by atoms with Crippen molar-refractivity contribution in [1.82, 2.24) is 10.2 Å². The molecule has 1 saturated carbocycles. The highest BCUT2D eigenvalue weighted by Gasteiger charge is 2.54. The van der Waals surface area contributed by atoms with Crippen LogP contribution in [0.5, 0.6) is 0 Å². The van der Waals surface area contributed by atoms with Gasteiger partial charge in [-0.1, -0.05) is 0 Å². The Kier molecular flexibility index (Phi) is 2.79. The van der Waals surface area contributed by atoms with E-state index in [4.69, 9.17) is 9.47 Å². The largest absolute Gasteiger partial charge is 0.333 e.